The van der Waals surface area contributed by atoms with Crippen LogP contribution in [0.15, 0.2) is 24.7 Å². The van der Waals surface area contributed by atoms with Gasteiger partial charge >= 0.3 is 5.97 Å². The molecule has 2 N–H and O–H groups in total. The van der Waals surface area contributed by atoms with Crippen LogP contribution >= 0.6 is 0 Å². The number of esters is 1. The van der Waals surface area contributed by atoms with Crippen molar-refractivity contribution in [1.82, 2.24) is 14.1 Å². The first-order valence-electron chi connectivity index (χ1n) is 6.61. The van der Waals surface area contributed by atoms with Gasteiger partial charge in [-0.05, 0) is 26.8 Å². The van der Waals surface area contributed by atoms with Gasteiger partial charge in [0, 0.05) is 24.6 Å². The van der Waals surface area contributed by atoms with Gasteiger partial charge in [0.05, 0.1) is 12.2 Å². The lowest BCUT2D eigenvalue weighted by atomic mass is 10.3. The number of carbonyl (C=O) groups is 1. The van der Waals surface area contributed by atoms with E-state index in [4.69, 9.17) is 10.5 Å². The van der Waals surface area contributed by atoms with Crippen LogP contribution in [0.3, 0.4) is 0 Å². The zero-order chi connectivity index (χ0) is 14.7. The number of ether oxygens (including phenoxy) is 1. The predicted octanol–water partition coefficient (Wildman–Crippen LogP) is 2.01. The highest BCUT2D eigenvalue weighted by Gasteiger charge is 2.16. The average molecular weight is 276 g/mol. The zero-order valence-corrected chi connectivity index (χ0v) is 12.0. The number of nitrogens with zero attached hydrogens (tertiary/aromatic N) is 3. The minimum atomic E-state index is -0.354. The maximum absolute atomic E-state index is 12.1. The van der Waals surface area contributed by atoms with Gasteiger partial charge in [-0.15, -0.1) is 0 Å². The van der Waals surface area contributed by atoms with Crippen LogP contribution in [0.4, 0.5) is 5.69 Å². The van der Waals surface area contributed by atoms with Crippen LogP contribution in [0.25, 0.3) is 0 Å². The minimum absolute atomic E-state index is 0.158. The Bertz CT molecular complexity index is 598. The highest BCUT2D eigenvalue weighted by Crippen LogP contribution is 2.17. The summed E-state index contributed by atoms with van der Waals surface area (Å²) in [6.45, 7) is 6.79. The summed E-state index contributed by atoms with van der Waals surface area (Å²) in [6.07, 6.45) is 5.33. The Labute approximate surface area is 118 Å². The molecule has 0 saturated heterocycles. The zero-order valence-electron chi connectivity index (χ0n) is 12.0. The molecule has 20 heavy (non-hydrogen) atoms. The predicted molar refractivity (Wildman–Crippen MR) is 76.5 cm³/mol. The van der Waals surface area contributed by atoms with Gasteiger partial charge in [0.2, 0.25) is 0 Å². The fourth-order valence-electron chi connectivity index (χ4n) is 2.04. The highest BCUT2D eigenvalue weighted by molar-refractivity contribution is 5.89. The third kappa shape index (κ3) is 3.01. The molecule has 0 unspecified atom stereocenters. The number of nitrogens with two attached hydrogens (primary N) is 1. The monoisotopic (exact) mass is 276 g/mol. The number of carbonyl (C=O) groups excluding carboxylic acids is 1. The van der Waals surface area contributed by atoms with E-state index in [-0.39, 0.29) is 12.0 Å². The molecule has 0 aliphatic carbocycles. The molecule has 0 amide bonds. The first kappa shape index (κ1) is 14.2. The Hall–Kier alpha value is -2.24. The molecule has 0 bridgehead atoms. The number of anilines is 1. The molecule has 0 atom stereocenters. The molecule has 0 fully saturated rings. The fourth-order valence-corrected chi connectivity index (χ4v) is 2.04. The maximum atomic E-state index is 12.1. The van der Waals surface area contributed by atoms with Crippen LogP contribution in [-0.4, -0.2) is 26.7 Å². The normalized spacial score (nSPS) is 11.0. The lowest BCUT2D eigenvalue weighted by Crippen LogP contribution is -2.16. The average Bonchev–Trinajstić information content (AvgIpc) is 2.96. The smallest absolute Gasteiger partial charge is 0.355 e. The Morgan fingerprint density at radius 1 is 1.50 bits per heavy atom. The van der Waals surface area contributed by atoms with Crippen LogP contribution in [0.2, 0.25) is 0 Å². The largest absolute Gasteiger partial charge is 0.459 e. The molecule has 6 nitrogen and oxygen atoms in total. The van der Waals surface area contributed by atoms with Crippen molar-refractivity contribution >= 4 is 11.7 Å². The van der Waals surface area contributed by atoms with Crippen LogP contribution in [-0.2, 0) is 11.3 Å². The summed E-state index contributed by atoms with van der Waals surface area (Å²) in [6, 6.07) is 1.80. The second-order valence-corrected chi connectivity index (χ2v) is 4.96. The van der Waals surface area contributed by atoms with Crippen molar-refractivity contribution in [1.29, 1.82) is 0 Å². The van der Waals surface area contributed by atoms with E-state index in [1.165, 1.54) is 0 Å². The van der Waals surface area contributed by atoms with E-state index in [9.17, 15) is 4.79 Å². The first-order valence-corrected chi connectivity index (χ1v) is 6.61. The van der Waals surface area contributed by atoms with E-state index in [0.717, 1.165) is 5.82 Å². The lowest BCUT2D eigenvalue weighted by Gasteiger charge is -2.12. The topological polar surface area (TPSA) is 75.1 Å². The number of hydrogen-bond donors (Lipinski definition) is 1. The summed E-state index contributed by atoms with van der Waals surface area (Å²) in [5, 5.41) is 0. The molecule has 0 radical (unpaired) electrons. The number of imidazole rings is 1. The van der Waals surface area contributed by atoms with Crippen molar-refractivity contribution < 1.29 is 9.53 Å². The third-order valence-corrected chi connectivity index (χ3v) is 3.12. The van der Waals surface area contributed by atoms with E-state index >= 15 is 0 Å². The second-order valence-electron chi connectivity index (χ2n) is 4.96. The molecule has 2 aromatic rings. The standard InChI is InChI=1S/C14H20N4O2/c1-10(2)18-9-12(15)8-13(18)14(19)20-7-6-17-5-4-16-11(17)3/h4-5,8-10H,6-7,15H2,1-3H3. The molecular formula is C14H20N4O2. The molecular weight excluding hydrogens is 256 g/mol. The van der Waals surface area contributed by atoms with Crippen molar-refractivity contribution in [2.24, 2.45) is 0 Å². The number of nitrogen functional groups attached to an aromatic ring is 1. The molecule has 0 saturated carbocycles. The lowest BCUT2D eigenvalue weighted by molar-refractivity contribution is 0.0476. The summed E-state index contributed by atoms with van der Waals surface area (Å²) in [5.74, 6) is 0.545. The van der Waals surface area contributed by atoms with Crippen LogP contribution in [0.1, 0.15) is 36.2 Å². The van der Waals surface area contributed by atoms with E-state index in [0.29, 0.717) is 24.5 Å². The molecule has 2 heterocycles. The second kappa shape index (κ2) is 5.81. The van der Waals surface area contributed by atoms with Crippen molar-refractivity contribution in [3.63, 3.8) is 0 Å². The Balaban J connectivity index is 1.97. The maximum Gasteiger partial charge on any atom is 0.355 e. The summed E-state index contributed by atoms with van der Waals surface area (Å²) < 4.78 is 9.05. The fraction of sp³-hybridized carbons (Fsp3) is 0.429. The molecule has 108 valence electrons. The number of aromatic nitrogens is 3. The van der Waals surface area contributed by atoms with Gasteiger partial charge in [-0.25, -0.2) is 9.78 Å². The Morgan fingerprint density at radius 3 is 2.85 bits per heavy atom. The van der Waals surface area contributed by atoms with Crippen LogP contribution < -0.4 is 5.73 Å². The van der Waals surface area contributed by atoms with Crippen molar-refractivity contribution in [3.05, 3.63) is 36.2 Å². The van der Waals surface area contributed by atoms with E-state index in [1.807, 2.05) is 36.1 Å². The van der Waals surface area contributed by atoms with Gasteiger partial charge in [0.15, 0.2) is 0 Å². The number of rotatable bonds is 5. The summed E-state index contributed by atoms with van der Waals surface area (Å²) >= 11 is 0. The highest BCUT2D eigenvalue weighted by atomic mass is 16.5. The Morgan fingerprint density at radius 2 is 2.25 bits per heavy atom. The molecule has 2 rings (SSSR count). The van der Waals surface area contributed by atoms with Crippen molar-refractivity contribution in [2.45, 2.75) is 33.4 Å². The molecule has 0 aromatic carbocycles. The van der Waals surface area contributed by atoms with Gasteiger partial charge in [-0.3, -0.25) is 0 Å². The SMILES string of the molecule is Cc1nccn1CCOC(=O)c1cc(N)cn1C(C)C. The van der Waals surface area contributed by atoms with Gasteiger partial charge < -0.3 is 19.6 Å². The van der Waals surface area contributed by atoms with Crippen molar-refractivity contribution in [3.8, 4) is 0 Å². The van der Waals surface area contributed by atoms with Gasteiger partial charge in [-0.1, -0.05) is 0 Å². The minimum Gasteiger partial charge on any atom is -0.459 e. The van der Waals surface area contributed by atoms with Crippen LogP contribution in [0.5, 0.6) is 0 Å². The number of hydrogen-bond acceptors (Lipinski definition) is 4. The molecule has 0 aliphatic heterocycles. The first-order chi connectivity index (χ1) is 9.49. The molecule has 2 aromatic heterocycles. The molecule has 0 spiro atoms. The van der Waals surface area contributed by atoms with E-state index in [2.05, 4.69) is 4.98 Å². The summed E-state index contributed by atoms with van der Waals surface area (Å²) in [5.41, 5.74) is 6.79. The summed E-state index contributed by atoms with van der Waals surface area (Å²) in [4.78, 5) is 16.2. The number of aryl methyl sites for hydroxylation is 1. The van der Waals surface area contributed by atoms with E-state index in [1.54, 1.807) is 18.5 Å². The summed E-state index contributed by atoms with van der Waals surface area (Å²) in [7, 11) is 0. The Kier molecular flexibility index (Phi) is 4.12. The molecule has 6 heteroatoms. The molecule has 0 aliphatic rings. The van der Waals surface area contributed by atoms with Gasteiger partial charge in [0.1, 0.15) is 18.1 Å². The van der Waals surface area contributed by atoms with Gasteiger partial charge in [-0.2, -0.15) is 0 Å². The quantitative estimate of drug-likeness (QED) is 0.848. The third-order valence-electron chi connectivity index (χ3n) is 3.12. The van der Waals surface area contributed by atoms with Crippen molar-refractivity contribution in [2.75, 3.05) is 12.3 Å². The van der Waals surface area contributed by atoms with E-state index < -0.39 is 0 Å². The van der Waals surface area contributed by atoms with Crippen LogP contribution in [0, 0.1) is 6.92 Å². The van der Waals surface area contributed by atoms with Gasteiger partial charge in [0.25, 0.3) is 0 Å².